The zero-order chi connectivity index (χ0) is 12.4. The van der Waals surface area contributed by atoms with Crippen LogP contribution in [0.5, 0.6) is 0 Å². The molecular weight excluding hydrogens is 282 g/mol. The van der Waals surface area contributed by atoms with E-state index in [1.165, 1.54) is 13.0 Å². The Kier molecular flexibility index (Phi) is 3.99. The van der Waals surface area contributed by atoms with Gasteiger partial charge in [-0.05, 0) is 61.1 Å². The molecular formula is C12H18BrN3O. The quantitative estimate of drug-likeness (QED) is 0.926. The third-order valence-electron chi connectivity index (χ3n) is 3.36. The summed E-state index contributed by atoms with van der Waals surface area (Å²) in [6.45, 7) is 6.78. The van der Waals surface area contributed by atoms with E-state index in [0.717, 1.165) is 18.7 Å². The minimum Gasteiger partial charge on any atom is -0.301 e. The van der Waals surface area contributed by atoms with Crippen molar-refractivity contribution in [2.75, 3.05) is 13.1 Å². The number of hydrogen-bond donors (Lipinski definition) is 1. The molecule has 1 unspecified atom stereocenters. The van der Waals surface area contributed by atoms with Crippen LogP contribution in [0.1, 0.15) is 26.0 Å². The number of nitrogens with zero attached hydrogens (tertiary/aromatic N) is 2. The van der Waals surface area contributed by atoms with Crippen molar-refractivity contribution in [1.29, 1.82) is 0 Å². The minimum atomic E-state index is -0.163. The van der Waals surface area contributed by atoms with Crippen LogP contribution in [0.4, 0.5) is 0 Å². The summed E-state index contributed by atoms with van der Waals surface area (Å²) in [4.78, 5) is 13.7. The van der Waals surface area contributed by atoms with Gasteiger partial charge in [-0.15, -0.1) is 0 Å². The first-order valence-corrected chi connectivity index (χ1v) is 6.83. The van der Waals surface area contributed by atoms with Gasteiger partial charge >= 0.3 is 0 Å². The molecule has 0 saturated carbocycles. The van der Waals surface area contributed by atoms with E-state index in [-0.39, 0.29) is 5.56 Å². The molecule has 1 N–H and O–H groups in total. The zero-order valence-electron chi connectivity index (χ0n) is 10.2. The largest absolute Gasteiger partial charge is 0.301 e. The van der Waals surface area contributed by atoms with E-state index in [1.807, 2.05) is 6.07 Å². The first kappa shape index (κ1) is 12.8. The number of aromatic nitrogens is 2. The summed E-state index contributed by atoms with van der Waals surface area (Å²) in [7, 11) is 0. The predicted octanol–water partition coefficient (Wildman–Crippen LogP) is 1.81. The van der Waals surface area contributed by atoms with Gasteiger partial charge in [0.1, 0.15) is 0 Å². The second kappa shape index (κ2) is 5.31. The molecule has 17 heavy (non-hydrogen) atoms. The first-order valence-electron chi connectivity index (χ1n) is 6.04. The number of halogens is 1. The standard InChI is InChI=1S/C12H18BrN3O/c1-8(2)16-4-3-9(7-16)5-10-6-11(13)12(17)15-14-10/h6,8-9H,3-5,7H2,1-2H3,(H,15,17). The van der Waals surface area contributed by atoms with Crippen LogP contribution in [0.15, 0.2) is 15.3 Å². The third kappa shape index (κ3) is 3.16. The van der Waals surface area contributed by atoms with Crippen LogP contribution in [0.2, 0.25) is 0 Å². The molecule has 1 aromatic heterocycles. The van der Waals surface area contributed by atoms with E-state index < -0.39 is 0 Å². The van der Waals surface area contributed by atoms with Gasteiger partial charge in [-0.3, -0.25) is 4.79 Å². The Morgan fingerprint density at radius 3 is 3.00 bits per heavy atom. The monoisotopic (exact) mass is 299 g/mol. The summed E-state index contributed by atoms with van der Waals surface area (Å²) in [5, 5.41) is 6.60. The zero-order valence-corrected chi connectivity index (χ0v) is 11.8. The Balaban J connectivity index is 1.98. The van der Waals surface area contributed by atoms with E-state index in [2.05, 4.69) is 44.9 Å². The van der Waals surface area contributed by atoms with Crippen LogP contribution in [-0.2, 0) is 6.42 Å². The molecule has 0 aliphatic carbocycles. The molecule has 4 nitrogen and oxygen atoms in total. The fourth-order valence-electron chi connectivity index (χ4n) is 2.32. The lowest BCUT2D eigenvalue weighted by Crippen LogP contribution is -2.28. The fraction of sp³-hybridized carbons (Fsp3) is 0.667. The Bertz CT molecular complexity index is 444. The maximum Gasteiger partial charge on any atom is 0.278 e. The van der Waals surface area contributed by atoms with Crippen molar-refractivity contribution in [2.24, 2.45) is 5.92 Å². The van der Waals surface area contributed by atoms with E-state index in [9.17, 15) is 4.79 Å². The molecule has 1 saturated heterocycles. The van der Waals surface area contributed by atoms with E-state index in [4.69, 9.17) is 0 Å². The van der Waals surface area contributed by atoms with Gasteiger partial charge in [0, 0.05) is 12.6 Å². The van der Waals surface area contributed by atoms with Crippen molar-refractivity contribution in [1.82, 2.24) is 15.1 Å². The lowest BCUT2D eigenvalue weighted by Gasteiger charge is -2.20. The highest BCUT2D eigenvalue weighted by Crippen LogP contribution is 2.21. The highest BCUT2D eigenvalue weighted by molar-refractivity contribution is 9.10. The van der Waals surface area contributed by atoms with Gasteiger partial charge < -0.3 is 4.90 Å². The molecule has 94 valence electrons. The normalized spacial score (nSPS) is 21.3. The summed E-state index contributed by atoms with van der Waals surface area (Å²) in [5.74, 6) is 0.655. The lowest BCUT2D eigenvalue weighted by molar-refractivity contribution is 0.264. The fourth-order valence-corrected chi connectivity index (χ4v) is 2.67. The smallest absolute Gasteiger partial charge is 0.278 e. The number of nitrogens with one attached hydrogen (secondary N) is 1. The van der Waals surface area contributed by atoms with Gasteiger partial charge in [0.05, 0.1) is 10.2 Å². The molecule has 5 heteroatoms. The van der Waals surface area contributed by atoms with Crippen molar-refractivity contribution >= 4 is 15.9 Å². The Labute approximate surface area is 110 Å². The summed E-state index contributed by atoms with van der Waals surface area (Å²) < 4.78 is 0.571. The van der Waals surface area contributed by atoms with Crippen LogP contribution in [0, 0.1) is 5.92 Å². The highest BCUT2D eigenvalue weighted by atomic mass is 79.9. The van der Waals surface area contributed by atoms with Crippen LogP contribution in [-0.4, -0.2) is 34.2 Å². The second-order valence-corrected chi connectivity index (χ2v) is 5.84. The van der Waals surface area contributed by atoms with Gasteiger partial charge in [0.15, 0.2) is 0 Å². The highest BCUT2D eigenvalue weighted by Gasteiger charge is 2.24. The van der Waals surface area contributed by atoms with Crippen molar-refractivity contribution in [3.8, 4) is 0 Å². The average Bonchev–Trinajstić information content (AvgIpc) is 2.72. The second-order valence-electron chi connectivity index (χ2n) is 4.98. The summed E-state index contributed by atoms with van der Waals surface area (Å²) in [6, 6.07) is 2.45. The predicted molar refractivity (Wildman–Crippen MR) is 71.1 cm³/mol. The van der Waals surface area contributed by atoms with Crippen LogP contribution < -0.4 is 5.56 Å². The van der Waals surface area contributed by atoms with Crippen LogP contribution >= 0.6 is 15.9 Å². The SMILES string of the molecule is CC(C)N1CCC(Cc2cc(Br)c(=O)[nH]n2)C1. The van der Waals surface area contributed by atoms with Crippen molar-refractivity contribution in [3.05, 3.63) is 26.6 Å². The maximum atomic E-state index is 11.2. The van der Waals surface area contributed by atoms with Gasteiger partial charge in [0.25, 0.3) is 5.56 Å². The number of hydrogen-bond acceptors (Lipinski definition) is 3. The van der Waals surface area contributed by atoms with Crippen molar-refractivity contribution in [2.45, 2.75) is 32.7 Å². The minimum absolute atomic E-state index is 0.163. The first-order chi connectivity index (χ1) is 8.06. The number of rotatable bonds is 3. The Morgan fingerprint density at radius 1 is 1.65 bits per heavy atom. The van der Waals surface area contributed by atoms with Gasteiger partial charge in [-0.1, -0.05) is 0 Å². The van der Waals surface area contributed by atoms with Crippen molar-refractivity contribution < 1.29 is 0 Å². The molecule has 0 radical (unpaired) electrons. The number of H-pyrrole nitrogens is 1. The maximum absolute atomic E-state index is 11.2. The molecule has 1 aliphatic heterocycles. The van der Waals surface area contributed by atoms with Gasteiger partial charge in [-0.2, -0.15) is 5.10 Å². The van der Waals surface area contributed by atoms with Crippen LogP contribution in [0.25, 0.3) is 0 Å². The Hall–Kier alpha value is -0.680. The Morgan fingerprint density at radius 2 is 2.41 bits per heavy atom. The third-order valence-corrected chi connectivity index (χ3v) is 3.95. The summed E-state index contributed by atoms with van der Waals surface area (Å²) >= 11 is 3.24. The molecule has 0 spiro atoms. The van der Waals surface area contributed by atoms with E-state index in [0.29, 0.717) is 16.4 Å². The molecule has 1 aromatic rings. The average molecular weight is 300 g/mol. The molecule has 2 heterocycles. The van der Waals surface area contributed by atoms with Crippen molar-refractivity contribution in [3.63, 3.8) is 0 Å². The number of likely N-dealkylation sites (tertiary alicyclic amines) is 1. The molecule has 1 atom stereocenters. The summed E-state index contributed by atoms with van der Waals surface area (Å²) in [6.07, 6.45) is 2.16. The summed E-state index contributed by atoms with van der Waals surface area (Å²) in [5.41, 5.74) is 0.802. The lowest BCUT2D eigenvalue weighted by atomic mass is 10.0. The topological polar surface area (TPSA) is 49.0 Å². The molecule has 1 fully saturated rings. The number of aromatic amines is 1. The molecule has 0 bridgehead atoms. The van der Waals surface area contributed by atoms with E-state index >= 15 is 0 Å². The molecule has 0 aromatic carbocycles. The van der Waals surface area contributed by atoms with Crippen LogP contribution in [0.3, 0.4) is 0 Å². The molecule has 2 rings (SSSR count). The molecule has 0 amide bonds. The van der Waals surface area contributed by atoms with E-state index in [1.54, 1.807) is 0 Å². The van der Waals surface area contributed by atoms with Gasteiger partial charge in [0.2, 0.25) is 0 Å². The molecule has 1 aliphatic rings. The van der Waals surface area contributed by atoms with Gasteiger partial charge in [-0.25, -0.2) is 5.10 Å².